The van der Waals surface area contributed by atoms with Gasteiger partial charge in [0.2, 0.25) is 0 Å². The SMILES string of the molecule is CN=C(NCCCN1CCN(c2ccc(OC)cc2)CC1)NCc1cccs1.I. The fourth-order valence-corrected chi connectivity index (χ4v) is 3.98. The van der Waals surface area contributed by atoms with Crippen LogP contribution in [0.5, 0.6) is 5.75 Å². The maximum atomic E-state index is 5.24. The molecule has 2 heterocycles. The standard InChI is InChI=1S/C21H31N5OS.HI/c1-22-21(24-17-20-5-3-16-28-20)23-10-4-11-25-12-14-26(15-13-25)18-6-8-19(27-2)9-7-18;/h3,5-9,16H,4,10-15,17H2,1-2H3,(H2,22,23,24);1H. The number of nitrogens with one attached hydrogen (secondary N) is 2. The predicted molar refractivity (Wildman–Crippen MR) is 134 cm³/mol. The van der Waals surface area contributed by atoms with E-state index in [-0.39, 0.29) is 24.0 Å². The average molecular weight is 529 g/mol. The van der Waals surface area contributed by atoms with Crippen LogP contribution in [0.1, 0.15) is 11.3 Å². The second-order valence-corrected chi connectivity index (χ2v) is 7.84. The number of rotatable bonds is 8. The first-order chi connectivity index (χ1) is 13.8. The number of ether oxygens (including phenoxy) is 1. The van der Waals surface area contributed by atoms with Gasteiger partial charge in [-0.3, -0.25) is 9.89 Å². The van der Waals surface area contributed by atoms with Gasteiger partial charge in [0.1, 0.15) is 5.75 Å². The van der Waals surface area contributed by atoms with Crippen molar-refractivity contribution in [3.8, 4) is 5.75 Å². The Hall–Kier alpha value is -1.52. The van der Waals surface area contributed by atoms with E-state index in [2.05, 4.69) is 55.1 Å². The molecule has 6 nitrogen and oxygen atoms in total. The zero-order valence-electron chi connectivity index (χ0n) is 17.3. The third kappa shape index (κ3) is 7.67. The fraction of sp³-hybridized carbons (Fsp3) is 0.476. The van der Waals surface area contributed by atoms with Crippen molar-refractivity contribution in [2.75, 3.05) is 58.3 Å². The van der Waals surface area contributed by atoms with Crippen molar-refractivity contribution in [2.24, 2.45) is 4.99 Å². The van der Waals surface area contributed by atoms with Gasteiger partial charge in [0, 0.05) is 50.3 Å². The molecule has 0 amide bonds. The number of aliphatic imine (C=N–C) groups is 1. The lowest BCUT2D eigenvalue weighted by Gasteiger charge is -2.36. The first-order valence-electron chi connectivity index (χ1n) is 9.87. The Balaban J connectivity index is 0.00000300. The predicted octanol–water partition coefficient (Wildman–Crippen LogP) is 3.25. The highest BCUT2D eigenvalue weighted by Crippen LogP contribution is 2.20. The molecule has 0 spiro atoms. The van der Waals surface area contributed by atoms with Crippen molar-refractivity contribution in [1.82, 2.24) is 15.5 Å². The summed E-state index contributed by atoms with van der Waals surface area (Å²) in [6.45, 7) is 7.24. The Morgan fingerprint density at radius 3 is 2.48 bits per heavy atom. The molecule has 0 bridgehead atoms. The molecule has 1 aromatic carbocycles. The maximum absolute atomic E-state index is 5.24. The monoisotopic (exact) mass is 529 g/mol. The summed E-state index contributed by atoms with van der Waals surface area (Å²) in [5, 5.41) is 8.87. The van der Waals surface area contributed by atoms with Crippen LogP contribution in [-0.2, 0) is 6.54 Å². The highest BCUT2D eigenvalue weighted by atomic mass is 127. The molecule has 3 rings (SSSR count). The van der Waals surface area contributed by atoms with Gasteiger partial charge in [-0.15, -0.1) is 35.3 Å². The topological polar surface area (TPSA) is 52.1 Å². The molecule has 8 heteroatoms. The molecule has 0 aliphatic carbocycles. The van der Waals surface area contributed by atoms with Crippen LogP contribution in [0, 0.1) is 0 Å². The Labute approximate surface area is 195 Å². The van der Waals surface area contributed by atoms with Gasteiger partial charge in [-0.2, -0.15) is 0 Å². The van der Waals surface area contributed by atoms with Gasteiger partial charge in [0.25, 0.3) is 0 Å². The molecule has 0 saturated carbocycles. The van der Waals surface area contributed by atoms with E-state index in [0.29, 0.717) is 0 Å². The zero-order chi connectivity index (χ0) is 19.6. The minimum atomic E-state index is 0. The minimum Gasteiger partial charge on any atom is -0.497 e. The van der Waals surface area contributed by atoms with Gasteiger partial charge in [-0.1, -0.05) is 6.07 Å². The van der Waals surface area contributed by atoms with Crippen molar-refractivity contribution in [1.29, 1.82) is 0 Å². The molecule has 0 unspecified atom stereocenters. The largest absolute Gasteiger partial charge is 0.497 e. The number of methoxy groups -OCH3 is 1. The summed E-state index contributed by atoms with van der Waals surface area (Å²) in [6.07, 6.45) is 1.11. The number of anilines is 1. The highest BCUT2D eigenvalue weighted by Gasteiger charge is 2.16. The Kier molecular flexibility index (Phi) is 10.6. The normalized spacial score (nSPS) is 15.0. The summed E-state index contributed by atoms with van der Waals surface area (Å²) >= 11 is 1.76. The number of nitrogens with zero attached hydrogens (tertiary/aromatic N) is 3. The van der Waals surface area contributed by atoms with E-state index < -0.39 is 0 Å². The van der Waals surface area contributed by atoms with Crippen molar-refractivity contribution in [3.05, 3.63) is 46.7 Å². The first-order valence-corrected chi connectivity index (χ1v) is 10.7. The number of guanidine groups is 1. The van der Waals surface area contributed by atoms with Crippen molar-refractivity contribution < 1.29 is 4.74 Å². The molecule has 1 aliphatic heterocycles. The van der Waals surface area contributed by atoms with Crippen LogP contribution in [0.15, 0.2) is 46.8 Å². The summed E-state index contributed by atoms with van der Waals surface area (Å²) in [5.41, 5.74) is 1.28. The van der Waals surface area contributed by atoms with E-state index in [1.54, 1.807) is 18.4 Å². The van der Waals surface area contributed by atoms with E-state index in [1.807, 2.05) is 19.2 Å². The molecular formula is C21H32IN5OS. The van der Waals surface area contributed by atoms with Gasteiger partial charge in [0.15, 0.2) is 5.96 Å². The smallest absolute Gasteiger partial charge is 0.191 e. The molecule has 29 heavy (non-hydrogen) atoms. The molecule has 2 N–H and O–H groups in total. The van der Waals surface area contributed by atoms with E-state index in [1.165, 1.54) is 10.6 Å². The summed E-state index contributed by atoms with van der Waals surface area (Å²) in [5.74, 6) is 1.78. The maximum Gasteiger partial charge on any atom is 0.191 e. The molecule has 160 valence electrons. The van der Waals surface area contributed by atoms with Crippen LogP contribution in [-0.4, -0.2) is 64.3 Å². The van der Waals surface area contributed by atoms with Gasteiger partial charge in [-0.25, -0.2) is 0 Å². The first kappa shape index (κ1) is 23.8. The lowest BCUT2D eigenvalue weighted by atomic mass is 10.2. The second-order valence-electron chi connectivity index (χ2n) is 6.81. The third-order valence-electron chi connectivity index (χ3n) is 4.99. The molecule has 2 aromatic rings. The molecule has 1 fully saturated rings. The van der Waals surface area contributed by atoms with Gasteiger partial charge in [0.05, 0.1) is 13.7 Å². The summed E-state index contributed by atoms with van der Waals surface area (Å²) in [6, 6.07) is 12.6. The molecule has 0 atom stereocenters. The molecule has 1 aliphatic rings. The average Bonchev–Trinajstić information content (AvgIpc) is 3.27. The number of benzene rings is 1. The Morgan fingerprint density at radius 2 is 1.86 bits per heavy atom. The lowest BCUT2D eigenvalue weighted by molar-refractivity contribution is 0.255. The summed E-state index contributed by atoms with van der Waals surface area (Å²) in [4.78, 5) is 10.6. The number of hydrogen-bond acceptors (Lipinski definition) is 5. The zero-order valence-corrected chi connectivity index (χ0v) is 20.4. The van der Waals surface area contributed by atoms with Crippen LogP contribution in [0.3, 0.4) is 0 Å². The van der Waals surface area contributed by atoms with Crippen LogP contribution < -0.4 is 20.3 Å². The quantitative estimate of drug-likeness (QED) is 0.238. The van der Waals surface area contributed by atoms with E-state index in [0.717, 1.165) is 63.9 Å². The van der Waals surface area contributed by atoms with E-state index >= 15 is 0 Å². The Bertz CT molecular complexity index is 715. The van der Waals surface area contributed by atoms with Crippen molar-refractivity contribution in [2.45, 2.75) is 13.0 Å². The summed E-state index contributed by atoms with van der Waals surface area (Å²) in [7, 11) is 3.53. The number of hydrogen-bond donors (Lipinski definition) is 2. The van der Waals surface area contributed by atoms with Gasteiger partial charge >= 0.3 is 0 Å². The minimum absolute atomic E-state index is 0. The highest BCUT2D eigenvalue weighted by molar-refractivity contribution is 14.0. The lowest BCUT2D eigenvalue weighted by Crippen LogP contribution is -2.47. The molecule has 1 saturated heterocycles. The summed E-state index contributed by atoms with van der Waals surface area (Å²) < 4.78 is 5.24. The molecule has 1 aromatic heterocycles. The third-order valence-corrected chi connectivity index (χ3v) is 5.86. The van der Waals surface area contributed by atoms with E-state index in [9.17, 15) is 0 Å². The molecular weight excluding hydrogens is 497 g/mol. The Morgan fingerprint density at radius 1 is 1.10 bits per heavy atom. The number of halogens is 1. The van der Waals surface area contributed by atoms with Crippen LogP contribution in [0.2, 0.25) is 0 Å². The van der Waals surface area contributed by atoms with Crippen molar-refractivity contribution >= 4 is 47.0 Å². The van der Waals surface area contributed by atoms with Crippen LogP contribution in [0.4, 0.5) is 5.69 Å². The second kappa shape index (κ2) is 12.9. The van der Waals surface area contributed by atoms with Gasteiger partial charge in [-0.05, 0) is 48.7 Å². The fourth-order valence-electron chi connectivity index (χ4n) is 3.34. The number of piperazine rings is 1. The van der Waals surface area contributed by atoms with Crippen molar-refractivity contribution in [3.63, 3.8) is 0 Å². The van der Waals surface area contributed by atoms with Crippen LogP contribution >= 0.6 is 35.3 Å². The van der Waals surface area contributed by atoms with Gasteiger partial charge < -0.3 is 20.3 Å². The molecule has 0 radical (unpaired) electrons. The number of thiophene rings is 1. The van der Waals surface area contributed by atoms with E-state index in [4.69, 9.17) is 4.74 Å². The van der Waals surface area contributed by atoms with Crippen LogP contribution in [0.25, 0.3) is 0 Å².